The molecule has 0 unspecified atom stereocenters. The number of nitrogens with zero attached hydrogens (tertiary/aromatic N) is 2. The Bertz CT molecular complexity index is 775. The van der Waals surface area contributed by atoms with Crippen molar-refractivity contribution in [2.24, 2.45) is 0 Å². The maximum absolute atomic E-state index is 5.61. The Kier molecular flexibility index (Phi) is 6.24. The van der Waals surface area contributed by atoms with Crippen molar-refractivity contribution >= 4 is 28.7 Å². The molecule has 3 rings (SSSR count). The number of hydrogen-bond donors (Lipinski definition) is 1. The minimum Gasteiger partial charge on any atom is -0.497 e. The summed E-state index contributed by atoms with van der Waals surface area (Å²) in [6.07, 6.45) is 0. The van der Waals surface area contributed by atoms with Crippen LogP contribution in [0.3, 0.4) is 0 Å². The van der Waals surface area contributed by atoms with E-state index in [1.807, 2.05) is 30.3 Å². The number of hydrogen-bond acceptors (Lipinski definition) is 5. The van der Waals surface area contributed by atoms with E-state index < -0.39 is 0 Å². The van der Waals surface area contributed by atoms with Gasteiger partial charge in [0.15, 0.2) is 5.11 Å². The maximum atomic E-state index is 5.61. The van der Waals surface area contributed by atoms with E-state index in [9.17, 15) is 0 Å². The van der Waals surface area contributed by atoms with Gasteiger partial charge in [0, 0.05) is 37.9 Å². The van der Waals surface area contributed by atoms with Crippen LogP contribution in [0.2, 0.25) is 0 Å². The molecule has 1 aliphatic heterocycles. The molecule has 1 aliphatic rings. The van der Waals surface area contributed by atoms with Crippen LogP contribution in [0, 0.1) is 0 Å². The first-order valence-corrected chi connectivity index (χ1v) is 9.22. The minimum absolute atomic E-state index is 0.691. The molecule has 27 heavy (non-hydrogen) atoms. The number of thiocarbonyl (C=S) groups is 1. The number of piperazine rings is 1. The van der Waals surface area contributed by atoms with Crippen LogP contribution in [0.4, 0.5) is 11.4 Å². The third-order valence-corrected chi connectivity index (χ3v) is 5.01. The molecule has 0 spiro atoms. The molecule has 0 saturated carbocycles. The van der Waals surface area contributed by atoms with Gasteiger partial charge in [0.2, 0.25) is 0 Å². The van der Waals surface area contributed by atoms with Gasteiger partial charge in [-0.25, -0.2) is 0 Å². The molecule has 0 aromatic heterocycles. The lowest BCUT2D eigenvalue weighted by Gasteiger charge is -2.37. The molecule has 0 aliphatic carbocycles. The average molecular weight is 388 g/mol. The predicted molar refractivity (Wildman–Crippen MR) is 113 cm³/mol. The quantitative estimate of drug-likeness (QED) is 0.791. The molecule has 144 valence electrons. The van der Waals surface area contributed by atoms with Crippen LogP contribution in [0.25, 0.3) is 0 Å². The first-order chi connectivity index (χ1) is 13.1. The van der Waals surface area contributed by atoms with Crippen molar-refractivity contribution in [1.82, 2.24) is 4.90 Å². The standard InChI is InChI=1S/C20H25N3O3S/c1-24-16-6-4-15(5-7-16)22-10-12-23(13-11-22)20(27)21-18-14-17(25-2)8-9-19(18)26-3/h4-9,14H,10-13H2,1-3H3,(H,21,27). The predicted octanol–water partition coefficient (Wildman–Crippen LogP) is 3.23. The fourth-order valence-electron chi connectivity index (χ4n) is 3.07. The highest BCUT2D eigenvalue weighted by molar-refractivity contribution is 7.80. The van der Waals surface area contributed by atoms with Gasteiger partial charge in [-0.1, -0.05) is 0 Å². The Morgan fingerprint density at radius 1 is 0.852 bits per heavy atom. The maximum Gasteiger partial charge on any atom is 0.173 e. The molecule has 1 saturated heterocycles. The van der Waals surface area contributed by atoms with Crippen LogP contribution in [0.1, 0.15) is 0 Å². The van der Waals surface area contributed by atoms with E-state index in [1.54, 1.807) is 21.3 Å². The summed E-state index contributed by atoms with van der Waals surface area (Å²) in [6, 6.07) is 13.8. The van der Waals surface area contributed by atoms with E-state index in [1.165, 1.54) is 5.69 Å². The first kappa shape index (κ1) is 19.1. The summed E-state index contributed by atoms with van der Waals surface area (Å²) in [5.41, 5.74) is 2.00. The molecule has 6 nitrogen and oxygen atoms in total. The molecule has 1 fully saturated rings. The van der Waals surface area contributed by atoms with Gasteiger partial charge < -0.3 is 29.3 Å². The third-order valence-electron chi connectivity index (χ3n) is 4.65. The summed E-state index contributed by atoms with van der Waals surface area (Å²) in [7, 11) is 4.96. The summed E-state index contributed by atoms with van der Waals surface area (Å²) in [6.45, 7) is 3.51. The topological polar surface area (TPSA) is 46.2 Å². The molecule has 0 atom stereocenters. The second-order valence-electron chi connectivity index (χ2n) is 6.17. The van der Waals surface area contributed by atoms with Gasteiger partial charge in [0.05, 0.1) is 27.0 Å². The van der Waals surface area contributed by atoms with Gasteiger partial charge in [-0.05, 0) is 48.6 Å². The zero-order chi connectivity index (χ0) is 19.2. The van der Waals surface area contributed by atoms with Crippen molar-refractivity contribution in [1.29, 1.82) is 0 Å². The van der Waals surface area contributed by atoms with Gasteiger partial charge in [0.1, 0.15) is 17.2 Å². The zero-order valence-corrected chi connectivity index (χ0v) is 16.7. The van der Waals surface area contributed by atoms with E-state index in [0.717, 1.165) is 49.1 Å². The number of rotatable bonds is 5. The number of nitrogens with one attached hydrogen (secondary N) is 1. The summed E-state index contributed by atoms with van der Waals surface area (Å²) in [5.74, 6) is 2.36. The second kappa shape index (κ2) is 8.81. The lowest BCUT2D eigenvalue weighted by atomic mass is 10.2. The Labute approximate surface area is 165 Å². The lowest BCUT2D eigenvalue weighted by Crippen LogP contribution is -2.50. The van der Waals surface area contributed by atoms with Gasteiger partial charge in [0.25, 0.3) is 0 Å². The molecule has 0 amide bonds. The summed E-state index contributed by atoms with van der Waals surface area (Å²) in [4.78, 5) is 4.53. The normalized spacial score (nSPS) is 13.9. The van der Waals surface area contributed by atoms with Crippen molar-refractivity contribution in [2.45, 2.75) is 0 Å². The fourth-order valence-corrected chi connectivity index (χ4v) is 3.36. The van der Waals surface area contributed by atoms with Gasteiger partial charge >= 0.3 is 0 Å². The molecule has 0 bridgehead atoms. The van der Waals surface area contributed by atoms with Crippen LogP contribution in [0.5, 0.6) is 17.2 Å². The van der Waals surface area contributed by atoms with E-state index >= 15 is 0 Å². The van der Waals surface area contributed by atoms with Crippen molar-refractivity contribution < 1.29 is 14.2 Å². The largest absolute Gasteiger partial charge is 0.497 e. The molecule has 2 aromatic carbocycles. The van der Waals surface area contributed by atoms with Crippen LogP contribution >= 0.6 is 12.2 Å². The SMILES string of the molecule is COc1ccc(N2CCN(C(=S)Nc3cc(OC)ccc3OC)CC2)cc1. The number of ether oxygens (including phenoxy) is 3. The third kappa shape index (κ3) is 4.54. The highest BCUT2D eigenvalue weighted by atomic mass is 32.1. The highest BCUT2D eigenvalue weighted by Crippen LogP contribution is 2.29. The molecule has 7 heteroatoms. The van der Waals surface area contributed by atoms with Crippen molar-refractivity contribution in [3.63, 3.8) is 0 Å². The molecule has 0 radical (unpaired) electrons. The number of methoxy groups -OCH3 is 3. The fraction of sp³-hybridized carbons (Fsp3) is 0.350. The second-order valence-corrected chi connectivity index (χ2v) is 6.56. The van der Waals surface area contributed by atoms with Crippen LogP contribution in [-0.2, 0) is 0 Å². The summed E-state index contributed by atoms with van der Waals surface area (Å²) in [5, 5.41) is 3.98. The van der Waals surface area contributed by atoms with Crippen molar-refractivity contribution in [3.8, 4) is 17.2 Å². The number of anilines is 2. The lowest BCUT2D eigenvalue weighted by molar-refractivity contribution is 0.389. The molecular formula is C20H25N3O3S. The van der Waals surface area contributed by atoms with Gasteiger partial charge in [-0.3, -0.25) is 0 Å². The van der Waals surface area contributed by atoms with Crippen molar-refractivity contribution in [2.75, 3.05) is 57.7 Å². The molecule has 1 heterocycles. The Balaban J connectivity index is 1.60. The Hall–Kier alpha value is -2.67. The van der Waals surface area contributed by atoms with Gasteiger partial charge in [-0.15, -0.1) is 0 Å². The Morgan fingerprint density at radius 2 is 1.48 bits per heavy atom. The van der Waals surface area contributed by atoms with E-state index in [0.29, 0.717) is 5.11 Å². The molecule has 2 aromatic rings. The molecule has 1 N–H and O–H groups in total. The van der Waals surface area contributed by atoms with Crippen LogP contribution < -0.4 is 24.4 Å². The summed E-state index contributed by atoms with van der Waals surface area (Å²) < 4.78 is 15.9. The first-order valence-electron chi connectivity index (χ1n) is 8.81. The number of benzene rings is 2. The monoisotopic (exact) mass is 387 g/mol. The van der Waals surface area contributed by atoms with E-state index in [2.05, 4.69) is 27.2 Å². The van der Waals surface area contributed by atoms with Gasteiger partial charge in [-0.2, -0.15) is 0 Å². The zero-order valence-electron chi connectivity index (χ0n) is 15.9. The minimum atomic E-state index is 0.691. The van der Waals surface area contributed by atoms with Crippen LogP contribution in [-0.4, -0.2) is 57.5 Å². The smallest absolute Gasteiger partial charge is 0.173 e. The molecular weight excluding hydrogens is 362 g/mol. The van der Waals surface area contributed by atoms with E-state index in [4.69, 9.17) is 26.4 Å². The van der Waals surface area contributed by atoms with E-state index in [-0.39, 0.29) is 0 Å². The Morgan fingerprint density at radius 3 is 2.07 bits per heavy atom. The van der Waals surface area contributed by atoms with Crippen LogP contribution in [0.15, 0.2) is 42.5 Å². The average Bonchev–Trinajstić information content (AvgIpc) is 2.73. The van der Waals surface area contributed by atoms with Crippen molar-refractivity contribution in [3.05, 3.63) is 42.5 Å². The summed E-state index contributed by atoms with van der Waals surface area (Å²) >= 11 is 5.61. The highest BCUT2D eigenvalue weighted by Gasteiger charge is 2.20.